The second-order valence-corrected chi connectivity index (χ2v) is 8.38. The molecule has 0 spiro atoms. The summed E-state index contributed by atoms with van der Waals surface area (Å²) in [7, 11) is 1.39. The van der Waals surface area contributed by atoms with E-state index in [9.17, 15) is 19.8 Å². The number of halogens is 1. The van der Waals surface area contributed by atoms with Gasteiger partial charge in [0.05, 0.1) is 42.6 Å². The van der Waals surface area contributed by atoms with Crippen LogP contribution in [-0.2, 0) is 16.1 Å². The predicted molar refractivity (Wildman–Crippen MR) is 127 cm³/mol. The first-order chi connectivity index (χ1) is 16.3. The van der Waals surface area contributed by atoms with Crippen LogP contribution in [0.25, 0.3) is 5.76 Å². The van der Waals surface area contributed by atoms with Crippen molar-refractivity contribution in [3.63, 3.8) is 0 Å². The summed E-state index contributed by atoms with van der Waals surface area (Å²) in [5, 5.41) is 21.5. The molecule has 0 saturated carbocycles. The zero-order valence-electron chi connectivity index (χ0n) is 18.4. The van der Waals surface area contributed by atoms with Crippen LogP contribution >= 0.6 is 15.9 Å². The van der Waals surface area contributed by atoms with E-state index in [0.717, 1.165) is 0 Å². The smallest absolute Gasteiger partial charge is 0.296 e. The Morgan fingerprint density at radius 3 is 2.65 bits per heavy atom. The molecule has 1 fully saturated rings. The Labute approximate surface area is 204 Å². The minimum atomic E-state index is -0.966. The van der Waals surface area contributed by atoms with Crippen LogP contribution in [0.5, 0.6) is 17.2 Å². The molecule has 0 radical (unpaired) electrons. The highest BCUT2D eigenvalue weighted by atomic mass is 79.9. The fourth-order valence-corrected chi connectivity index (χ4v) is 4.38. The number of hydrogen-bond acceptors (Lipinski definition) is 7. The fraction of sp³-hybridized carbons (Fsp3) is 0.200. The number of benzene rings is 2. The molecule has 1 aliphatic rings. The van der Waals surface area contributed by atoms with Crippen molar-refractivity contribution < 1.29 is 33.7 Å². The van der Waals surface area contributed by atoms with Crippen molar-refractivity contribution in [2.24, 2.45) is 0 Å². The topological polar surface area (TPSA) is 109 Å². The van der Waals surface area contributed by atoms with E-state index in [1.165, 1.54) is 24.3 Å². The molecule has 2 heterocycles. The van der Waals surface area contributed by atoms with Gasteiger partial charge in [-0.25, -0.2) is 0 Å². The number of phenolic OH excluding ortho intramolecular Hbond substituents is 1. The first-order valence-electron chi connectivity index (χ1n) is 10.5. The Morgan fingerprint density at radius 2 is 1.97 bits per heavy atom. The number of aromatic hydroxyl groups is 1. The van der Waals surface area contributed by atoms with Gasteiger partial charge in [-0.1, -0.05) is 12.1 Å². The number of methoxy groups -OCH3 is 1. The zero-order valence-corrected chi connectivity index (χ0v) is 20.0. The Kier molecular flexibility index (Phi) is 6.65. The molecule has 0 aliphatic carbocycles. The molecule has 34 heavy (non-hydrogen) atoms. The lowest BCUT2D eigenvalue weighted by molar-refractivity contribution is -0.140. The maximum atomic E-state index is 13.2. The van der Waals surface area contributed by atoms with E-state index >= 15 is 0 Å². The van der Waals surface area contributed by atoms with E-state index in [1.54, 1.807) is 42.5 Å². The largest absolute Gasteiger partial charge is 0.507 e. The summed E-state index contributed by atoms with van der Waals surface area (Å²) in [5.41, 5.74) is 0.691. The van der Waals surface area contributed by atoms with Crippen molar-refractivity contribution in [3.8, 4) is 17.2 Å². The number of aliphatic hydroxyl groups excluding tert-OH is 1. The standard InChI is InChI=1S/C25H22BrNO7/c1-3-33-16-7-4-6-14(10-16)22(28)20-21(15-11-18(26)23(29)19(12-15)32-2)27(25(31)24(20)30)13-17-8-5-9-34-17/h4-12,21,28-29H,3,13H2,1-2H3/b22-20+. The van der Waals surface area contributed by atoms with Gasteiger partial charge in [-0.05, 0) is 64.8 Å². The van der Waals surface area contributed by atoms with Crippen molar-refractivity contribution in [1.82, 2.24) is 4.90 Å². The molecule has 176 valence electrons. The Hall–Kier alpha value is -3.72. The number of aliphatic hydroxyl groups is 1. The molecule has 1 saturated heterocycles. The predicted octanol–water partition coefficient (Wildman–Crippen LogP) is 4.78. The molecule has 1 atom stereocenters. The highest BCUT2D eigenvalue weighted by Crippen LogP contribution is 2.45. The lowest BCUT2D eigenvalue weighted by Crippen LogP contribution is -2.29. The fourth-order valence-electron chi connectivity index (χ4n) is 3.92. The molecule has 8 nitrogen and oxygen atoms in total. The highest BCUT2D eigenvalue weighted by Gasteiger charge is 2.46. The van der Waals surface area contributed by atoms with Gasteiger partial charge in [0, 0.05) is 5.56 Å². The number of hydrogen-bond donors (Lipinski definition) is 2. The van der Waals surface area contributed by atoms with Crippen LogP contribution in [0.4, 0.5) is 0 Å². The van der Waals surface area contributed by atoms with Crippen LogP contribution in [0.1, 0.15) is 29.9 Å². The van der Waals surface area contributed by atoms with Crippen molar-refractivity contribution in [3.05, 3.63) is 81.7 Å². The van der Waals surface area contributed by atoms with Crippen LogP contribution < -0.4 is 9.47 Å². The SMILES string of the molecule is CCOc1cccc(/C(O)=C2\C(=O)C(=O)N(Cc3ccco3)C2c2cc(Br)c(O)c(OC)c2)c1. The summed E-state index contributed by atoms with van der Waals surface area (Å²) < 4.78 is 16.5. The summed E-state index contributed by atoms with van der Waals surface area (Å²) >= 11 is 3.29. The molecule has 4 rings (SSSR count). The average Bonchev–Trinajstić information content (AvgIpc) is 3.43. The first-order valence-corrected chi connectivity index (χ1v) is 11.2. The Morgan fingerprint density at radius 1 is 1.18 bits per heavy atom. The van der Waals surface area contributed by atoms with Crippen LogP contribution in [0.15, 0.2) is 69.3 Å². The van der Waals surface area contributed by atoms with Crippen molar-refractivity contribution in [2.75, 3.05) is 13.7 Å². The third-order valence-corrected chi connectivity index (χ3v) is 6.06. The lowest BCUT2D eigenvalue weighted by atomic mass is 9.95. The first kappa shape index (κ1) is 23.4. The van der Waals surface area contributed by atoms with E-state index in [2.05, 4.69) is 15.9 Å². The third-order valence-electron chi connectivity index (χ3n) is 5.45. The quantitative estimate of drug-likeness (QED) is 0.258. The van der Waals surface area contributed by atoms with Crippen LogP contribution in [-0.4, -0.2) is 40.5 Å². The van der Waals surface area contributed by atoms with Gasteiger partial charge in [-0.15, -0.1) is 0 Å². The van der Waals surface area contributed by atoms with E-state index in [-0.39, 0.29) is 29.4 Å². The Bertz CT molecular complexity index is 1270. The molecule has 9 heteroatoms. The summed E-state index contributed by atoms with van der Waals surface area (Å²) in [4.78, 5) is 27.6. The van der Waals surface area contributed by atoms with E-state index in [1.807, 2.05) is 6.92 Å². The number of phenols is 1. The second kappa shape index (κ2) is 9.64. The van der Waals surface area contributed by atoms with Gasteiger partial charge < -0.3 is 29.0 Å². The molecule has 3 aromatic rings. The van der Waals surface area contributed by atoms with Crippen molar-refractivity contribution in [2.45, 2.75) is 19.5 Å². The molecule has 1 amide bonds. The molecular formula is C25H22BrNO7. The van der Waals surface area contributed by atoms with Gasteiger partial charge in [0.25, 0.3) is 11.7 Å². The third kappa shape index (κ3) is 4.26. The van der Waals surface area contributed by atoms with Crippen LogP contribution in [0, 0.1) is 0 Å². The molecule has 2 aromatic carbocycles. The average molecular weight is 528 g/mol. The summed E-state index contributed by atoms with van der Waals surface area (Å²) in [6, 6.07) is 12.2. The molecular weight excluding hydrogens is 506 g/mol. The van der Waals surface area contributed by atoms with Gasteiger partial charge in [-0.2, -0.15) is 0 Å². The molecule has 0 bridgehead atoms. The highest BCUT2D eigenvalue weighted by molar-refractivity contribution is 9.10. The minimum absolute atomic E-state index is 0.00117. The zero-order chi connectivity index (χ0) is 24.4. The number of ether oxygens (including phenoxy) is 2. The maximum absolute atomic E-state index is 13.2. The molecule has 1 aromatic heterocycles. The van der Waals surface area contributed by atoms with Gasteiger partial charge in [0.2, 0.25) is 0 Å². The number of furan rings is 1. The second-order valence-electron chi connectivity index (χ2n) is 7.52. The number of carbonyl (C=O) groups is 2. The van der Waals surface area contributed by atoms with Gasteiger partial charge >= 0.3 is 0 Å². The van der Waals surface area contributed by atoms with E-state index in [0.29, 0.717) is 33.7 Å². The minimum Gasteiger partial charge on any atom is -0.507 e. The van der Waals surface area contributed by atoms with Crippen molar-refractivity contribution >= 4 is 33.4 Å². The Balaban J connectivity index is 1.91. The molecule has 1 aliphatic heterocycles. The number of amides is 1. The molecule has 1 unspecified atom stereocenters. The lowest BCUT2D eigenvalue weighted by Gasteiger charge is -2.25. The number of carbonyl (C=O) groups excluding carboxylic acids is 2. The number of ketones is 1. The monoisotopic (exact) mass is 527 g/mol. The van der Waals surface area contributed by atoms with Gasteiger partial charge in [0.15, 0.2) is 11.5 Å². The van der Waals surface area contributed by atoms with Crippen LogP contribution in [0.2, 0.25) is 0 Å². The van der Waals surface area contributed by atoms with Gasteiger partial charge in [-0.3, -0.25) is 9.59 Å². The maximum Gasteiger partial charge on any atom is 0.296 e. The number of nitrogens with zero attached hydrogens (tertiary/aromatic N) is 1. The number of rotatable bonds is 7. The number of Topliss-reactive ketones (excluding diaryl/α,β-unsaturated/α-hetero) is 1. The van der Waals surface area contributed by atoms with Crippen molar-refractivity contribution in [1.29, 1.82) is 0 Å². The number of likely N-dealkylation sites (tertiary alicyclic amines) is 1. The van der Waals surface area contributed by atoms with Crippen LogP contribution in [0.3, 0.4) is 0 Å². The summed E-state index contributed by atoms with van der Waals surface area (Å²) in [6.45, 7) is 2.26. The van der Waals surface area contributed by atoms with Gasteiger partial charge in [0.1, 0.15) is 17.3 Å². The summed E-state index contributed by atoms with van der Waals surface area (Å²) in [5.74, 6) is -0.955. The molecule has 2 N–H and O–H groups in total. The summed E-state index contributed by atoms with van der Waals surface area (Å²) in [6.07, 6.45) is 1.47. The van der Waals surface area contributed by atoms with E-state index in [4.69, 9.17) is 13.9 Å². The normalized spacial score (nSPS) is 17.3. The van der Waals surface area contributed by atoms with E-state index < -0.39 is 17.7 Å².